The molecule has 0 heterocycles. The molecule has 3 N–H and O–H groups in total. The maximum Gasteiger partial charge on any atom is 0.419 e. The topological polar surface area (TPSA) is 72.2 Å². The van der Waals surface area contributed by atoms with Gasteiger partial charge in [-0.2, -0.15) is 18.0 Å². The molecule has 0 aliphatic carbocycles. The Balaban J connectivity index is 3.31. The molecule has 0 unspecified atom stereocenters. The van der Waals surface area contributed by atoms with E-state index in [2.05, 4.69) is 5.84 Å². The zero-order valence-corrected chi connectivity index (χ0v) is 8.36. The van der Waals surface area contributed by atoms with E-state index in [0.29, 0.717) is 12.1 Å². The third-order valence-corrected chi connectivity index (χ3v) is 2.90. The van der Waals surface area contributed by atoms with E-state index in [0.717, 1.165) is 0 Å². The Morgan fingerprint density at radius 1 is 1.25 bits per heavy atom. The van der Waals surface area contributed by atoms with Crippen molar-refractivity contribution >= 4 is 10.0 Å². The Morgan fingerprint density at radius 3 is 2.19 bits per heavy atom. The van der Waals surface area contributed by atoms with Crippen LogP contribution in [0.4, 0.5) is 17.6 Å². The summed E-state index contributed by atoms with van der Waals surface area (Å²) in [5.41, 5.74) is -1.54. The molecule has 9 heteroatoms. The van der Waals surface area contributed by atoms with E-state index in [9.17, 15) is 26.0 Å². The van der Waals surface area contributed by atoms with Crippen LogP contribution in [0.5, 0.6) is 0 Å². The smallest absolute Gasteiger partial charge is 0.257 e. The first kappa shape index (κ1) is 12.9. The number of hydrogen-bond donors (Lipinski definition) is 2. The summed E-state index contributed by atoms with van der Waals surface area (Å²) in [4.78, 5) is 0.687. The molecule has 1 aromatic carbocycles. The van der Waals surface area contributed by atoms with E-state index < -0.39 is 32.5 Å². The van der Waals surface area contributed by atoms with Gasteiger partial charge < -0.3 is 0 Å². The van der Waals surface area contributed by atoms with E-state index in [1.807, 2.05) is 0 Å². The van der Waals surface area contributed by atoms with Crippen LogP contribution in [0.3, 0.4) is 0 Å². The fourth-order valence-electron chi connectivity index (χ4n) is 0.961. The van der Waals surface area contributed by atoms with Crippen LogP contribution >= 0.6 is 0 Å². The fourth-order valence-corrected chi connectivity index (χ4v) is 1.60. The van der Waals surface area contributed by atoms with Gasteiger partial charge in [0.1, 0.15) is 5.82 Å². The molecule has 0 bridgehead atoms. The summed E-state index contributed by atoms with van der Waals surface area (Å²) in [6.07, 6.45) is -4.87. The molecular formula is C7H6F4N2O2S. The van der Waals surface area contributed by atoms with Crippen LogP contribution in [0.2, 0.25) is 0 Å². The molecule has 1 rings (SSSR count). The first-order chi connectivity index (χ1) is 7.18. The van der Waals surface area contributed by atoms with Gasteiger partial charge >= 0.3 is 6.18 Å². The monoisotopic (exact) mass is 258 g/mol. The van der Waals surface area contributed by atoms with Crippen LogP contribution in [-0.4, -0.2) is 8.42 Å². The predicted octanol–water partition coefficient (Wildman–Crippen LogP) is 0.997. The minimum atomic E-state index is -4.87. The van der Waals surface area contributed by atoms with E-state index in [1.54, 1.807) is 0 Å². The summed E-state index contributed by atoms with van der Waals surface area (Å²) in [5, 5.41) is 0. The van der Waals surface area contributed by atoms with Crippen molar-refractivity contribution in [2.24, 2.45) is 5.84 Å². The number of nitrogens with two attached hydrogens (primary N) is 1. The van der Waals surface area contributed by atoms with E-state index in [1.165, 1.54) is 4.83 Å². The summed E-state index contributed by atoms with van der Waals surface area (Å²) in [7, 11) is -4.16. The lowest BCUT2D eigenvalue weighted by Crippen LogP contribution is -2.30. The van der Waals surface area contributed by atoms with Crippen molar-refractivity contribution < 1.29 is 26.0 Å². The average molecular weight is 258 g/mol. The highest BCUT2D eigenvalue weighted by atomic mass is 32.2. The molecule has 0 atom stereocenters. The van der Waals surface area contributed by atoms with Crippen molar-refractivity contribution in [3.63, 3.8) is 0 Å². The second kappa shape index (κ2) is 4.00. The highest BCUT2D eigenvalue weighted by Gasteiger charge is 2.34. The third-order valence-electron chi connectivity index (χ3n) is 1.71. The zero-order chi connectivity index (χ0) is 12.6. The molecule has 0 saturated carbocycles. The highest BCUT2D eigenvalue weighted by Crippen LogP contribution is 2.32. The van der Waals surface area contributed by atoms with Crippen LogP contribution in [-0.2, 0) is 16.2 Å². The van der Waals surface area contributed by atoms with Crippen molar-refractivity contribution in [1.29, 1.82) is 0 Å². The summed E-state index contributed by atoms with van der Waals surface area (Å²) in [5.74, 6) is 2.95. The van der Waals surface area contributed by atoms with Gasteiger partial charge in [0, 0.05) is 0 Å². The number of hydrogen-bond acceptors (Lipinski definition) is 3. The molecule has 4 nitrogen and oxygen atoms in total. The highest BCUT2D eigenvalue weighted by molar-refractivity contribution is 7.89. The van der Waals surface area contributed by atoms with Gasteiger partial charge in [-0.25, -0.2) is 12.8 Å². The molecule has 0 fully saturated rings. The van der Waals surface area contributed by atoms with Gasteiger partial charge in [-0.15, -0.1) is 0 Å². The third kappa shape index (κ3) is 2.49. The molecule has 16 heavy (non-hydrogen) atoms. The largest absolute Gasteiger partial charge is 0.419 e. The fraction of sp³-hybridized carbons (Fsp3) is 0.143. The standard InChI is InChI=1S/C7H6F4N2O2S/c8-6-3-4(16(14,15)13-12)1-2-5(6)7(9,10)11/h1-3,13H,12H2. The zero-order valence-electron chi connectivity index (χ0n) is 7.55. The minimum absolute atomic E-state index is 0.248. The Labute approximate surface area is 88.1 Å². The summed E-state index contributed by atoms with van der Waals surface area (Å²) < 4.78 is 71.4. The summed E-state index contributed by atoms with van der Waals surface area (Å²) in [6.45, 7) is 0. The maximum absolute atomic E-state index is 13.0. The lowest BCUT2D eigenvalue weighted by Gasteiger charge is -2.09. The second-order valence-electron chi connectivity index (χ2n) is 2.76. The molecular weight excluding hydrogens is 252 g/mol. The molecule has 1 aromatic rings. The van der Waals surface area contributed by atoms with Crippen molar-refractivity contribution in [2.75, 3.05) is 0 Å². The van der Waals surface area contributed by atoms with Gasteiger partial charge in [-0.05, 0) is 18.2 Å². The molecule has 0 radical (unpaired) electrons. The predicted molar refractivity (Wildman–Crippen MR) is 45.9 cm³/mol. The number of nitrogens with one attached hydrogen (secondary N) is 1. The van der Waals surface area contributed by atoms with Crippen LogP contribution in [0, 0.1) is 5.82 Å². The Morgan fingerprint density at radius 2 is 1.81 bits per heavy atom. The average Bonchev–Trinajstić information content (AvgIpc) is 2.15. The van der Waals surface area contributed by atoms with Crippen LogP contribution in [0.1, 0.15) is 5.56 Å². The Kier molecular flexibility index (Phi) is 3.22. The van der Waals surface area contributed by atoms with E-state index >= 15 is 0 Å². The second-order valence-corrected chi connectivity index (χ2v) is 4.47. The van der Waals surface area contributed by atoms with Crippen molar-refractivity contribution in [1.82, 2.24) is 4.83 Å². The molecule has 90 valence electrons. The van der Waals surface area contributed by atoms with E-state index in [4.69, 9.17) is 0 Å². The summed E-state index contributed by atoms with van der Waals surface area (Å²) in [6, 6.07) is 1.19. The normalized spacial score (nSPS) is 12.8. The van der Waals surface area contributed by atoms with Crippen LogP contribution < -0.4 is 10.7 Å². The molecule has 0 aromatic heterocycles. The van der Waals surface area contributed by atoms with Crippen LogP contribution in [0.15, 0.2) is 23.1 Å². The lowest BCUT2D eigenvalue weighted by molar-refractivity contribution is -0.140. The lowest BCUT2D eigenvalue weighted by atomic mass is 10.2. The quantitative estimate of drug-likeness (QED) is 0.472. The number of rotatable bonds is 2. The van der Waals surface area contributed by atoms with Crippen molar-refractivity contribution in [3.05, 3.63) is 29.6 Å². The first-order valence-electron chi connectivity index (χ1n) is 3.77. The SMILES string of the molecule is NNS(=O)(=O)c1ccc(C(F)(F)F)c(F)c1. The van der Waals surface area contributed by atoms with Gasteiger partial charge in [0.05, 0.1) is 10.5 Å². The van der Waals surface area contributed by atoms with Crippen molar-refractivity contribution in [2.45, 2.75) is 11.1 Å². The van der Waals surface area contributed by atoms with Gasteiger partial charge in [0.2, 0.25) is 0 Å². The number of halogens is 4. The minimum Gasteiger partial charge on any atom is -0.257 e. The summed E-state index contributed by atoms with van der Waals surface area (Å²) >= 11 is 0. The van der Waals surface area contributed by atoms with Gasteiger partial charge in [-0.1, -0.05) is 0 Å². The van der Waals surface area contributed by atoms with Gasteiger partial charge in [-0.3, -0.25) is 5.84 Å². The molecule has 0 aliphatic heterocycles. The van der Waals surface area contributed by atoms with Crippen LogP contribution in [0.25, 0.3) is 0 Å². The first-order valence-corrected chi connectivity index (χ1v) is 5.26. The maximum atomic E-state index is 13.0. The number of alkyl halides is 3. The van der Waals surface area contributed by atoms with Gasteiger partial charge in [0.25, 0.3) is 10.0 Å². The molecule has 0 aliphatic rings. The molecule has 0 saturated heterocycles. The number of hydrazine groups is 1. The Hall–Kier alpha value is -1.19. The molecule has 0 amide bonds. The van der Waals surface area contributed by atoms with E-state index in [-0.39, 0.29) is 6.07 Å². The van der Waals surface area contributed by atoms with Crippen molar-refractivity contribution in [3.8, 4) is 0 Å². The molecule has 0 spiro atoms. The Bertz CT molecular complexity index is 498. The number of sulfonamides is 1. The number of benzene rings is 1. The van der Waals surface area contributed by atoms with Gasteiger partial charge in [0.15, 0.2) is 0 Å².